The summed E-state index contributed by atoms with van der Waals surface area (Å²) in [6.07, 6.45) is 2.40. The topological polar surface area (TPSA) is 63.1 Å². The molecule has 0 spiro atoms. The lowest BCUT2D eigenvalue weighted by atomic mass is 10.1. The van der Waals surface area contributed by atoms with Gasteiger partial charge in [0.1, 0.15) is 10.0 Å². The van der Waals surface area contributed by atoms with E-state index in [0.717, 1.165) is 37.1 Å². The normalized spacial score (nSPS) is 11.8. The molecule has 4 nitrogen and oxygen atoms in total. The van der Waals surface area contributed by atoms with E-state index in [1.54, 1.807) is 22.7 Å². The number of nitrogens with zero attached hydrogens (tertiary/aromatic N) is 2. The second kappa shape index (κ2) is 8.22. The average molecular weight is 427 g/mol. The Labute approximate surface area is 174 Å². The molecule has 0 saturated heterocycles. The van der Waals surface area contributed by atoms with Crippen molar-refractivity contribution in [1.82, 2.24) is 9.97 Å². The molecule has 4 aromatic rings. The Morgan fingerprint density at radius 2 is 1.86 bits per heavy atom. The van der Waals surface area contributed by atoms with Gasteiger partial charge in [0.2, 0.25) is 0 Å². The van der Waals surface area contributed by atoms with Gasteiger partial charge in [-0.15, -0.1) is 22.7 Å². The first kappa shape index (κ1) is 18.8. The molecule has 7 heteroatoms. The summed E-state index contributed by atoms with van der Waals surface area (Å²) in [6, 6.07) is 15.5. The molecule has 2 heterocycles. The van der Waals surface area contributed by atoms with Crippen molar-refractivity contribution < 1.29 is 9.90 Å². The Hall–Kier alpha value is -2.54. The van der Waals surface area contributed by atoms with Crippen molar-refractivity contribution in [3.8, 4) is 10.6 Å². The van der Waals surface area contributed by atoms with Gasteiger partial charge in [-0.25, -0.2) is 9.97 Å². The van der Waals surface area contributed by atoms with E-state index >= 15 is 0 Å². The third-order valence-electron chi connectivity index (χ3n) is 4.11. The van der Waals surface area contributed by atoms with Crippen molar-refractivity contribution in [2.75, 3.05) is 0 Å². The Morgan fingerprint density at radius 1 is 1.07 bits per heavy atom. The lowest BCUT2D eigenvalue weighted by Crippen LogP contribution is -1.95. The summed E-state index contributed by atoms with van der Waals surface area (Å²) in [7, 11) is 0. The number of hydrogen-bond acceptors (Lipinski definition) is 5. The molecule has 2 aromatic carbocycles. The average Bonchev–Trinajstić information content (AvgIpc) is 3.32. The summed E-state index contributed by atoms with van der Waals surface area (Å²) in [6.45, 7) is 0. The molecule has 0 fully saturated rings. The van der Waals surface area contributed by atoms with Gasteiger partial charge in [-0.3, -0.25) is 4.79 Å². The molecule has 0 aliphatic rings. The molecule has 0 aliphatic heterocycles. The molecule has 0 atom stereocenters. The second-order valence-electron chi connectivity index (χ2n) is 6.13. The van der Waals surface area contributed by atoms with Gasteiger partial charge in [-0.05, 0) is 42.3 Å². The first-order chi connectivity index (χ1) is 13.6. The number of carboxylic acids is 1. The number of carbonyl (C=O) groups is 1. The number of hydrogen-bond donors (Lipinski definition) is 1. The molecule has 0 saturated carbocycles. The van der Waals surface area contributed by atoms with E-state index in [-0.39, 0.29) is 6.42 Å². The van der Waals surface area contributed by atoms with E-state index in [1.807, 2.05) is 60.0 Å². The zero-order valence-corrected chi connectivity index (χ0v) is 17.0. The van der Waals surface area contributed by atoms with Gasteiger partial charge in [-0.1, -0.05) is 35.9 Å². The van der Waals surface area contributed by atoms with E-state index in [1.165, 1.54) is 0 Å². The number of carboxylic acid groups (broad SMARTS) is 1. The van der Waals surface area contributed by atoms with Crippen LogP contribution < -0.4 is 0 Å². The minimum atomic E-state index is -0.827. The highest BCUT2D eigenvalue weighted by atomic mass is 35.5. The summed E-state index contributed by atoms with van der Waals surface area (Å²) in [4.78, 5) is 20.5. The van der Waals surface area contributed by atoms with Crippen LogP contribution in [-0.4, -0.2) is 21.0 Å². The standard InChI is InChI=1S/C21H15ClN2O2S2/c22-15-8-5-13(6-9-15)20-23-16(12-27-20)11-14(7-10-19(25)26)21-24-17-3-1-2-4-18(17)28-21/h1-6,8-9,11-12H,7,10H2,(H,25,26)/b14-11+. The number of halogens is 1. The van der Waals surface area contributed by atoms with Crippen molar-refractivity contribution in [3.63, 3.8) is 0 Å². The van der Waals surface area contributed by atoms with Crippen molar-refractivity contribution >= 4 is 62.1 Å². The fraction of sp³-hybridized carbons (Fsp3) is 0.0952. The molecule has 0 aliphatic carbocycles. The maximum Gasteiger partial charge on any atom is 0.303 e. The van der Waals surface area contributed by atoms with Crippen LogP contribution in [0.15, 0.2) is 53.9 Å². The van der Waals surface area contributed by atoms with Crippen molar-refractivity contribution in [1.29, 1.82) is 0 Å². The zero-order chi connectivity index (χ0) is 19.5. The van der Waals surface area contributed by atoms with Crippen molar-refractivity contribution in [2.45, 2.75) is 12.8 Å². The van der Waals surface area contributed by atoms with Crippen molar-refractivity contribution in [2.24, 2.45) is 0 Å². The maximum atomic E-state index is 11.1. The number of aliphatic carboxylic acids is 1. The van der Waals surface area contributed by atoms with Gasteiger partial charge in [0.05, 0.1) is 15.9 Å². The number of thiazole rings is 2. The molecule has 0 unspecified atom stereocenters. The van der Waals surface area contributed by atoms with Gasteiger partial charge < -0.3 is 5.11 Å². The summed E-state index contributed by atoms with van der Waals surface area (Å²) < 4.78 is 1.08. The third kappa shape index (κ3) is 4.30. The van der Waals surface area contributed by atoms with Crippen LogP contribution in [0.25, 0.3) is 32.4 Å². The smallest absolute Gasteiger partial charge is 0.303 e. The molecule has 0 bridgehead atoms. The predicted octanol–water partition coefficient (Wildman–Crippen LogP) is 6.48. The van der Waals surface area contributed by atoms with E-state index in [2.05, 4.69) is 9.97 Å². The Kier molecular flexibility index (Phi) is 5.52. The van der Waals surface area contributed by atoms with Gasteiger partial charge in [-0.2, -0.15) is 0 Å². The van der Waals surface area contributed by atoms with E-state index in [0.29, 0.717) is 11.4 Å². The number of fused-ring (bicyclic) bond motifs is 1. The largest absolute Gasteiger partial charge is 0.481 e. The fourth-order valence-corrected chi connectivity index (χ4v) is 4.67. The fourth-order valence-electron chi connectivity index (χ4n) is 2.75. The van der Waals surface area contributed by atoms with Crippen LogP contribution in [0.3, 0.4) is 0 Å². The molecule has 140 valence electrons. The van der Waals surface area contributed by atoms with E-state index in [9.17, 15) is 4.79 Å². The molecule has 0 radical (unpaired) electrons. The van der Waals surface area contributed by atoms with Crippen LogP contribution in [0, 0.1) is 0 Å². The number of allylic oxidation sites excluding steroid dienone is 1. The van der Waals surface area contributed by atoms with Gasteiger partial charge in [0.25, 0.3) is 0 Å². The summed E-state index contributed by atoms with van der Waals surface area (Å²) in [5.41, 5.74) is 3.61. The van der Waals surface area contributed by atoms with Crippen LogP contribution in [0.4, 0.5) is 0 Å². The van der Waals surface area contributed by atoms with Crippen LogP contribution in [0.1, 0.15) is 23.5 Å². The molecule has 2 aromatic heterocycles. The highest BCUT2D eigenvalue weighted by Crippen LogP contribution is 2.32. The van der Waals surface area contributed by atoms with E-state index < -0.39 is 5.97 Å². The molecular formula is C21H15ClN2O2S2. The highest BCUT2D eigenvalue weighted by Gasteiger charge is 2.12. The maximum absolute atomic E-state index is 11.1. The first-order valence-corrected chi connectivity index (χ1v) is 10.7. The summed E-state index contributed by atoms with van der Waals surface area (Å²) in [5.74, 6) is -0.827. The molecule has 28 heavy (non-hydrogen) atoms. The van der Waals surface area contributed by atoms with Crippen molar-refractivity contribution in [3.05, 3.63) is 69.6 Å². The van der Waals surface area contributed by atoms with Gasteiger partial charge in [0, 0.05) is 22.4 Å². The first-order valence-electron chi connectivity index (χ1n) is 8.58. The Morgan fingerprint density at radius 3 is 2.61 bits per heavy atom. The minimum Gasteiger partial charge on any atom is -0.481 e. The molecule has 4 rings (SSSR count). The van der Waals surface area contributed by atoms with Crippen LogP contribution in [0.5, 0.6) is 0 Å². The van der Waals surface area contributed by atoms with Crippen LogP contribution in [0.2, 0.25) is 5.02 Å². The number of benzene rings is 2. The number of para-hydroxylation sites is 1. The van der Waals surface area contributed by atoms with Crippen LogP contribution in [-0.2, 0) is 4.79 Å². The monoisotopic (exact) mass is 426 g/mol. The van der Waals surface area contributed by atoms with E-state index in [4.69, 9.17) is 16.7 Å². The zero-order valence-electron chi connectivity index (χ0n) is 14.6. The van der Waals surface area contributed by atoms with Gasteiger partial charge >= 0.3 is 5.97 Å². The summed E-state index contributed by atoms with van der Waals surface area (Å²) >= 11 is 9.07. The summed E-state index contributed by atoms with van der Waals surface area (Å²) in [5, 5.41) is 13.5. The Bertz CT molecular complexity index is 1130. The Balaban J connectivity index is 1.68. The SMILES string of the molecule is O=C(O)CC/C(=C\c1csc(-c2ccc(Cl)cc2)n1)c1nc2ccccc2s1. The molecular weight excluding hydrogens is 412 g/mol. The quantitative estimate of drug-likeness (QED) is 0.383. The minimum absolute atomic E-state index is 0.0515. The predicted molar refractivity (Wildman–Crippen MR) is 117 cm³/mol. The second-order valence-corrected chi connectivity index (χ2v) is 8.46. The number of rotatable bonds is 6. The van der Waals surface area contributed by atoms with Crippen LogP contribution >= 0.6 is 34.3 Å². The lowest BCUT2D eigenvalue weighted by molar-refractivity contribution is -0.136. The third-order valence-corrected chi connectivity index (χ3v) is 6.39. The molecule has 0 amide bonds. The lowest BCUT2D eigenvalue weighted by Gasteiger charge is -2.01. The highest BCUT2D eigenvalue weighted by molar-refractivity contribution is 7.19. The number of aromatic nitrogens is 2. The molecule has 1 N–H and O–H groups in total. The van der Waals surface area contributed by atoms with Gasteiger partial charge in [0.15, 0.2) is 0 Å².